The Morgan fingerprint density at radius 3 is 2.95 bits per heavy atom. The number of methoxy groups -OCH3 is 1. The van der Waals surface area contributed by atoms with Crippen molar-refractivity contribution in [3.63, 3.8) is 0 Å². The van der Waals surface area contributed by atoms with Crippen LogP contribution in [0, 0.1) is 0 Å². The maximum Gasteiger partial charge on any atom is 0.350 e. The lowest BCUT2D eigenvalue weighted by Crippen LogP contribution is -2.20. The minimum atomic E-state index is -0.478. The largest absolute Gasteiger partial charge is 0.465 e. The lowest BCUT2D eigenvalue weighted by Gasteiger charge is -2.05. The Bertz CT molecular complexity index is 605. The van der Waals surface area contributed by atoms with E-state index in [1.165, 1.54) is 23.1 Å². The van der Waals surface area contributed by atoms with E-state index in [1.54, 1.807) is 23.7 Å². The number of rotatable bonds is 4. The topological polar surface area (TPSA) is 99.2 Å². The van der Waals surface area contributed by atoms with E-state index in [0.29, 0.717) is 16.4 Å². The predicted octanol–water partition coefficient (Wildman–Crippen LogP) is 0.952. The molecule has 19 heavy (non-hydrogen) atoms. The van der Waals surface area contributed by atoms with Crippen LogP contribution in [0.1, 0.15) is 9.67 Å². The minimum Gasteiger partial charge on any atom is -0.465 e. The summed E-state index contributed by atoms with van der Waals surface area (Å²) >= 11 is 1.20. The van der Waals surface area contributed by atoms with Crippen LogP contribution >= 0.6 is 11.3 Å². The fourth-order valence-corrected chi connectivity index (χ4v) is 2.23. The van der Waals surface area contributed by atoms with Gasteiger partial charge in [0.1, 0.15) is 17.2 Å². The summed E-state index contributed by atoms with van der Waals surface area (Å²) in [5.41, 5.74) is 5.88. The van der Waals surface area contributed by atoms with Gasteiger partial charge in [0.05, 0.1) is 12.8 Å². The molecule has 2 rings (SSSR count). The summed E-state index contributed by atoms with van der Waals surface area (Å²) < 4.78 is 6.04. The van der Waals surface area contributed by atoms with Crippen molar-refractivity contribution in [3.05, 3.63) is 28.6 Å². The number of aromatic nitrogens is 2. The van der Waals surface area contributed by atoms with Crippen LogP contribution in [0.4, 0.5) is 11.5 Å². The molecule has 0 saturated heterocycles. The molecular weight excluding hydrogens is 268 g/mol. The molecule has 2 heterocycles. The zero-order valence-corrected chi connectivity index (χ0v) is 10.9. The Labute approximate surface area is 113 Å². The van der Waals surface area contributed by atoms with Crippen molar-refractivity contribution in [3.8, 4) is 0 Å². The highest BCUT2D eigenvalue weighted by Crippen LogP contribution is 2.23. The summed E-state index contributed by atoms with van der Waals surface area (Å²) in [5, 5.41) is 8.23. The Kier molecular flexibility index (Phi) is 3.81. The van der Waals surface area contributed by atoms with Crippen molar-refractivity contribution in [1.82, 2.24) is 9.78 Å². The molecule has 0 bridgehead atoms. The zero-order chi connectivity index (χ0) is 13.8. The van der Waals surface area contributed by atoms with Crippen molar-refractivity contribution in [2.45, 2.75) is 6.54 Å². The third-order valence-corrected chi connectivity index (χ3v) is 3.17. The average Bonchev–Trinajstić information content (AvgIpc) is 2.97. The van der Waals surface area contributed by atoms with E-state index in [2.05, 4.69) is 15.2 Å². The molecule has 100 valence electrons. The normalized spacial score (nSPS) is 10.2. The van der Waals surface area contributed by atoms with E-state index in [0.717, 1.165) is 0 Å². The maximum absolute atomic E-state index is 11.8. The van der Waals surface area contributed by atoms with Crippen molar-refractivity contribution in [1.29, 1.82) is 0 Å². The highest BCUT2D eigenvalue weighted by atomic mass is 32.1. The minimum absolute atomic E-state index is 0.0215. The molecule has 0 saturated carbocycles. The van der Waals surface area contributed by atoms with E-state index < -0.39 is 5.97 Å². The molecule has 0 aliphatic carbocycles. The van der Waals surface area contributed by atoms with Gasteiger partial charge in [-0.2, -0.15) is 5.10 Å². The fourth-order valence-electron chi connectivity index (χ4n) is 1.46. The molecule has 0 radical (unpaired) electrons. The summed E-state index contributed by atoms with van der Waals surface area (Å²) in [6.07, 6.45) is 1.60. The molecule has 8 heteroatoms. The van der Waals surface area contributed by atoms with Gasteiger partial charge in [-0.15, -0.1) is 11.3 Å². The van der Waals surface area contributed by atoms with Gasteiger partial charge in [-0.1, -0.05) is 0 Å². The SMILES string of the molecule is COC(=O)c1sccc1NC(=O)Cn1ccc(N)n1. The number of esters is 1. The third kappa shape index (κ3) is 3.10. The number of hydrogen-bond donors (Lipinski definition) is 2. The fraction of sp³-hybridized carbons (Fsp3) is 0.182. The number of hydrogen-bond acceptors (Lipinski definition) is 6. The van der Waals surface area contributed by atoms with Crippen LogP contribution in [0.25, 0.3) is 0 Å². The molecule has 0 atom stereocenters. The van der Waals surface area contributed by atoms with Crippen LogP contribution in [-0.4, -0.2) is 28.8 Å². The van der Waals surface area contributed by atoms with Crippen LogP contribution in [0.15, 0.2) is 23.7 Å². The number of carbonyl (C=O) groups excluding carboxylic acids is 2. The number of ether oxygens (including phenoxy) is 1. The second-order valence-electron chi connectivity index (χ2n) is 3.64. The van der Waals surface area contributed by atoms with Gasteiger partial charge in [-0.25, -0.2) is 4.79 Å². The zero-order valence-electron chi connectivity index (χ0n) is 10.1. The van der Waals surface area contributed by atoms with Crippen LogP contribution in [0.5, 0.6) is 0 Å². The molecule has 0 aliphatic rings. The summed E-state index contributed by atoms with van der Waals surface area (Å²) in [5.74, 6) is -0.432. The number of amides is 1. The average molecular weight is 280 g/mol. The summed E-state index contributed by atoms with van der Waals surface area (Å²) in [6.45, 7) is 0.0215. The summed E-state index contributed by atoms with van der Waals surface area (Å²) in [7, 11) is 1.29. The highest BCUT2D eigenvalue weighted by Gasteiger charge is 2.15. The Morgan fingerprint density at radius 2 is 2.32 bits per heavy atom. The van der Waals surface area contributed by atoms with E-state index in [1.807, 2.05) is 0 Å². The summed E-state index contributed by atoms with van der Waals surface area (Å²) in [4.78, 5) is 23.6. The van der Waals surface area contributed by atoms with Crippen LogP contribution < -0.4 is 11.1 Å². The Balaban J connectivity index is 2.03. The number of anilines is 2. The number of carbonyl (C=O) groups is 2. The van der Waals surface area contributed by atoms with Gasteiger partial charge in [-0.05, 0) is 17.5 Å². The standard InChI is InChI=1S/C11H12N4O3S/c1-18-11(17)10-7(3-5-19-10)13-9(16)6-15-4-2-8(12)14-15/h2-5H,6H2,1H3,(H2,12,14)(H,13,16). The number of nitrogens with two attached hydrogens (primary N) is 1. The first-order valence-corrected chi connectivity index (χ1v) is 6.22. The number of nitrogen functional groups attached to an aromatic ring is 1. The molecule has 0 spiro atoms. The second-order valence-corrected chi connectivity index (χ2v) is 4.56. The molecule has 7 nitrogen and oxygen atoms in total. The molecule has 0 unspecified atom stereocenters. The highest BCUT2D eigenvalue weighted by molar-refractivity contribution is 7.12. The van der Waals surface area contributed by atoms with E-state index in [9.17, 15) is 9.59 Å². The molecule has 3 N–H and O–H groups in total. The van der Waals surface area contributed by atoms with Crippen LogP contribution in [0.3, 0.4) is 0 Å². The first kappa shape index (κ1) is 13.1. The van der Waals surface area contributed by atoms with Gasteiger partial charge in [0, 0.05) is 6.20 Å². The Morgan fingerprint density at radius 1 is 1.53 bits per heavy atom. The Hall–Kier alpha value is -2.35. The lowest BCUT2D eigenvalue weighted by atomic mass is 10.3. The van der Waals surface area contributed by atoms with Crippen molar-refractivity contribution >= 4 is 34.7 Å². The molecule has 0 aromatic carbocycles. The lowest BCUT2D eigenvalue weighted by molar-refractivity contribution is -0.116. The molecule has 2 aromatic heterocycles. The molecule has 1 amide bonds. The summed E-state index contributed by atoms with van der Waals surface area (Å²) in [6, 6.07) is 3.24. The van der Waals surface area contributed by atoms with Gasteiger partial charge < -0.3 is 15.8 Å². The quantitative estimate of drug-likeness (QED) is 0.812. The van der Waals surface area contributed by atoms with E-state index in [-0.39, 0.29) is 12.5 Å². The van der Waals surface area contributed by atoms with Crippen molar-refractivity contribution in [2.75, 3.05) is 18.2 Å². The van der Waals surface area contributed by atoms with Crippen LogP contribution in [-0.2, 0) is 16.1 Å². The van der Waals surface area contributed by atoms with Gasteiger partial charge >= 0.3 is 5.97 Å². The van der Waals surface area contributed by atoms with Gasteiger partial charge in [0.2, 0.25) is 5.91 Å². The molecular formula is C11H12N4O3S. The van der Waals surface area contributed by atoms with E-state index in [4.69, 9.17) is 5.73 Å². The predicted molar refractivity (Wildman–Crippen MR) is 70.9 cm³/mol. The number of thiophene rings is 1. The van der Waals surface area contributed by atoms with Crippen molar-refractivity contribution in [2.24, 2.45) is 0 Å². The van der Waals surface area contributed by atoms with Gasteiger partial charge in [0.15, 0.2) is 0 Å². The first-order chi connectivity index (χ1) is 9.10. The second kappa shape index (κ2) is 5.53. The van der Waals surface area contributed by atoms with Gasteiger partial charge in [0.25, 0.3) is 0 Å². The monoisotopic (exact) mass is 280 g/mol. The van der Waals surface area contributed by atoms with Crippen LogP contribution in [0.2, 0.25) is 0 Å². The smallest absolute Gasteiger partial charge is 0.350 e. The van der Waals surface area contributed by atoms with Crippen molar-refractivity contribution < 1.29 is 14.3 Å². The first-order valence-electron chi connectivity index (χ1n) is 5.34. The molecule has 0 fully saturated rings. The molecule has 2 aromatic rings. The third-order valence-electron chi connectivity index (χ3n) is 2.28. The van der Waals surface area contributed by atoms with E-state index >= 15 is 0 Å². The van der Waals surface area contributed by atoms with Gasteiger partial charge in [-0.3, -0.25) is 9.48 Å². The number of nitrogens with one attached hydrogen (secondary N) is 1. The number of nitrogens with zero attached hydrogens (tertiary/aromatic N) is 2. The molecule has 0 aliphatic heterocycles. The maximum atomic E-state index is 11.8.